The summed E-state index contributed by atoms with van der Waals surface area (Å²) in [6.07, 6.45) is 0.987. The summed E-state index contributed by atoms with van der Waals surface area (Å²) < 4.78 is 5.28. The molecule has 28 heavy (non-hydrogen) atoms. The van der Waals surface area contributed by atoms with Crippen molar-refractivity contribution >= 4 is 29.1 Å². The fourth-order valence-corrected chi connectivity index (χ4v) is 3.61. The Kier molecular flexibility index (Phi) is 8.10. The standard InChI is InChI=1S/C20H31ClN4O3/c1-20(2,3)23-19(27)14-25-9-5-8-24(10-11-25)13-18(26)22-16-12-15(21)6-7-17(16)28-4/h6-7,12H,5,8-11,13-14H2,1-4H3,(H,22,26)(H,23,27)/p+2. The maximum atomic E-state index is 12.5. The van der Waals surface area contributed by atoms with Gasteiger partial charge in [-0.3, -0.25) is 9.59 Å². The van der Waals surface area contributed by atoms with E-state index in [2.05, 4.69) is 10.6 Å². The van der Waals surface area contributed by atoms with Crippen molar-refractivity contribution in [2.75, 3.05) is 51.7 Å². The number of amides is 2. The Morgan fingerprint density at radius 2 is 1.68 bits per heavy atom. The zero-order valence-corrected chi connectivity index (χ0v) is 18.0. The number of nitrogens with one attached hydrogen (secondary N) is 4. The van der Waals surface area contributed by atoms with Gasteiger partial charge in [-0.05, 0) is 39.0 Å². The zero-order valence-electron chi connectivity index (χ0n) is 17.3. The minimum absolute atomic E-state index is 0.0653. The van der Waals surface area contributed by atoms with Gasteiger partial charge in [0, 0.05) is 17.0 Å². The van der Waals surface area contributed by atoms with Crippen LogP contribution in [0.5, 0.6) is 5.75 Å². The predicted octanol–water partition coefficient (Wildman–Crippen LogP) is -0.625. The third-order valence-electron chi connectivity index (χ3n) is 4.66. The molecule has 1 heterocycles. The Labute approximate surface area is 172 Å². The maximum Gasteiger partial charge on any atom is 0.279 e. The number of halogens is 1. The summed E-state index contributed by atoms with van der Waals surface area (Å²) in [6, 6.07) is 5.15. The Hall–Kier alpha value is -1.83. The Morgan fingerprint density at radius 3 is 2.25 bits per heavy atom. The molecule has 2 amide bonds. The van der Waals surface area contributed by atoms with Gasteiger partial charge in [-0.15, -0.1) is 0 Å². The van der Waals surface area contributed by atoms with Crippen molar-refractivity contribution in [2.45, 2.75) is 32.7 Å². The van der Waals surface area contributed by atoms with Gasteiger partial charge in [0.25, 0.3) is 11.8 Å². The van der Waals surface area contributed by atoms with E-state index in [0.29, 0.717) is 29.5 Å². The molecule has 0 spiro atoms. The smallest absolute Gasteiger partial charge is 0.279 e. The summed E-state index contributed by atoms with van der Waals surface area (Å²) >= 11 is 6.02. The molecule has 8 heteroatoms. The van der Waals surface area contributed by atoms with Crippen molar-refractivity contribution in [1.82, 2.24) is 5.32 Å². The summed E-state index contributed by atoms with van der Waals surface area (Å²) in [6.45, 7) is 10.4. The summed E-state index contributed by atoms with van der Waals surface area (Å²) in [4.78, 5) is 27.1. The largest absolute Gasteiger partial charge is 0.495 e. The number of quaternary nitrogens is 2. The van der Waals surface area contributed by atoms with Crippen molar-refractivity contribution in [3.8, 4) is 5.75 Å². The molecule has 1 aromatic rings. The average molecular weight is 413 g/mol. The highest BCUT2D eigenvalue weighted by molar-refractivity contribution is 6.31. The number of anilines is 1. The van der Waals surface area contributed by atoms with E-state index in [4.69, 9.17) is 16.3 Å². The molecule has 1 fully saturated rings. The first kappa shape index (κ1) is 22.5. The number of benzene rings is 1. The van der Waals surface area contributed by atoms with Gasteiger partial charge in [0.15, 0.2) is 13.1 Å². The number of ether oxygens (including phenoxy) is 1. The summed E-state index contributed by atoms with van der Waals surface area (Å²) in [5.74, 6) is 0.602. The molecular formula is C20H33ClN4O3+2. The predicted molar refractivity (Wildman–Crippen MR) is 110 cm³/mol. The molecule has 0 aromatic heterocycles. The molecule has 0 saturated carbocycles. The monoisotopic (exact) mass is 412 g/mol. The average Bonchev–Trinajstić information content (AvgIpc) is 2.78. The minimum atomic E-state index is -0.209. The molecule has 7 nitrogen and oxygen atoms in total. The fourth-order valence-electron chi connectivity index (χ4n) is 3.43. The molecule has 0 radical (unpaired) electrons. The second-order valence-electron chi connectivity index (χ2n) is 8.40. The normalized spacial score (nSPS) is 20.2. The Balaban J connectivity index is 1.83. The SMILES string of the molecule is COc1ccc(Cl)cc1NC(=O)C[NH+]1CCC[NH+](CC(=O)NC(C)(C)C)CC1. The lowest BCUT2D eigenvalue weighted by Crippen LogP contribution is -3.18. The van der Waals surface area contributed by atoms with Gasteiger partial charge >= 0.3 is 0 Å². The van der Waals surface area contributed by atoms with Crippen LogP contribution in [-0.4, -0.2) is 63.7 Å². The first-order valence-electron chi connectivity index (χ1n) is 9.78. The first-order valence-corrected chi connectivity index (χ1v) is 10.2. The second kappa shape index (κ2) is 10.1. The number of carbonyl (C=O) groups is 2. The lowest BCUT2D eigenvalue weighted by atomic mass is 10.1. The molecule has 1 aliphatic rings. The number of rotatable bonds is 6. The van der Waals surface area contributed by atoms with E-state index in [9.17, 15) is 9.59 Å². The quantitative estimate of drug-likeness (QED) is 0.503. The van der Waals surface area contributed by atoms with Crippen LogP contribution in [-0.2, 0) is 9.59 Å². The van der Waals surface area contributed by atoms with Gasteiger partial charge < -0.3 is 25.2 Å². The lowest BCUT2D eigenvalue weighted by molar-refractivity contribution is -0.930. The van der Waals surface area contributed by atoms with Crippen LogP contribution in [0.3, 0.4) is 0 Å². The van der Waals surface area contributed by atoms with Gasteiger partial charge in [0.1, 0.15) is 18.8 Å². The van der Waals surface area contributed by atoms with Gasteiger partial charge in [-0.1, -0.05) is 11.6 Å². The van der Waals surface area contributed by atoms with Gasteiger partial charge in [-0.25, -0.2) is 0 Å². The van der Waals surface area contributed by atoms with Gasteiger partial charge in [0.05, 0.1) is 25.9 Å². The van der Waals surface area contributed by atoms with Gasteiger partial charge in [0.2, 0.25) is 0 Å². The van der Waals surface area contributed by atoms with Crippen LogP contribution in [0.1, 0.15) is 27.2 Å². The highest BCUT2D eigenvalue weighted by Crippen LogP contribution is 2.27. The summed E-state index contributed by atoms with van der Waals surface area (Å²) in [5, 5.41) is 6.47. The van der Waals surface area contributed by atoms with E-state index in [1.165, 1.54) is 9.80 Å². The number of carbonyl (C=O) groups excluding carboxylic acids is 2. The third kappa shape index (κ3) is 7.66. The van der Waals surface area contributed by atoms with E-state index in [1.54, 1.807) is 25.3 Å². The Bertz CT molecular complexity index is 691. The molecule has 0 aliphatic carbocycles. The number of hydrogen-bond donors (Lipinski definition) is 4. The molecule has 0 bridgehead atoms. The van der Waals surface area contributed by atoms with E-state index >= 15 is 0 Å². The molecule has 4 N–H and O–H groups in total. The molecule has 2 rings (SSSR count). The molecule has 1 saturated heterocycles. The second-order valence-corrected chi connectivity index (χ2v) is 8.83. The van der Waals surface area contributed by atoms with Crippen LogP contribution in [0.2, 0.25) is 5.02 Å². The fraction of sp³-hybridized carbons (Fsp3) is 0.600. The molecule has 156 valence electrons. The van der Waals surface area contributed by atoms with Crippen LogP contribution in [0.15, 0.2) is 18.2 Å². The Morgan fingerprint density at radius 1 is 1.07 bits per heavy atom. The topological polar surface area (TPSA) is 76.3 Å². The van der Waals surface area contributed by atoms with Crippen molar-refractivity contribution in [1.29, 1.82) is 0 Å². The van der Waals surface area contributed by atoms with E-state index < -0.39 is 0 Å². The summed E-state index contributed by atoms with van der Waals surface area (Å²) in [7, 11) is 1.56. The summed E-state index contributed by atoms with van der Waals surface area (Å²) in [5.41, 5.74) is 0.374. The van der Waals surface area contributed by atoms with Crippen LogP contribution < -0.4 is 25.2 Å². The number of hydrogen-bond acceptors (Lipinski definition) is 3. The van der Waals surface area contributed by atoms with Crippen LogP contribution in [0, 0.1) is 0 Å². The highest BCUT2D eigenvalue weighted by Gasteiger charge is 2.25. The molecular weight excluding hydrogens is 380 g/mol. The van der Waals surface area contributed by atoms with Crippen LogP contribution in [0.4, 0.5) is 5.69 Å². The van der Waals surface area contributed by atoms with Crippen molar-refractivity contribution in [3.63, 3.8) is 0 Å². The molecule has 1 aromatic carbocycles. The minimum Gasteiger partial charge on any atom is -0.495 e. The van der Waals surface area contributed by atoms with Crippen LogP contribution >= 0.6 is 11.6 Å². The molecule has 1 aliphatic heterocycles. The third-order valence-corrected chi connectivity index (χ3v) is 4.90. The van der Waals surface area contributed by atoms with Crippen molar-refractivity contribution < 1.29 is 24.1 Å². The molecule has 2 unspecified atom stereocenters. The lowest BCUT2D eigenvalue weighted by Gasteiger charge is -2.22. The highest BCUT2D eigenvalue weighted by atomic mass is 35.5. The van der Waals surface area contributed by atoms with Crippen molar-refractivity contribution in [2.24, 2.45) is 0 Å². The maximum absolute atomic E-state index is 12.5. The zero-order chi connectivity index (χ0) is 20.7. The van der Waals surface area contributed by atoms with E-state index in [0.717, 1.165) is 32.6 Å². The number of methoxy groups -OCH3 is 1. The van der Waals surface area contributed by atoms with E-state index in [1.807, 2.05) is 20.8 Å². The molecule has 2 atom stereocenters. The van der Waals surface area contributed by atoms with Crippen molar-refractivity contribution in [3.05, 3.63) is 23.2 Å². The van der Waals surface area contributed by atoms with Crippen LogP contribution in [0.25, 0.3) is 0 Å². The van der Waals surface area contributed by atoms with Gasteiger partial charge in [-0.2, -0.15) is 0 Å². The first-order chi connectivity index (χ1) is 13.2. The van der Waals surface area contributed by atoms with E-state index in [-0.39, 0.29) is 17.4 Å².